The molecule has 0 heterocycles. The number of carbonyl (C=O) groups is 1. The number of benzene rings is 1. The van der Waals surface area contributed by atoms with Gasteiger partial charge in [0.05, 0.1) is 6.04 Å². The van der Waals surface area contributed by atoms with Crippen molar-refractivity contribution in [2.45, 2.75) is 44.8 Å². The van der Waals surface area contributed by atoms with Gasteiger partial charge in [0.1, 0.15) is 11.6 Å². The van der Waals surface area contributed by atoms with Crippen LogP contribution in [0, 0.1) is 11.6 Å². The molecule has 0 spiro atoms. The molecule has 2 rings (SSSR count). The quantitative estimate of drug-likeness (QED) is 0.860. The Kier molecular flexibility index (Phi) is 4.14. The standard InChI is InChI=1S/C14H18F2N2O/c1-8(12-6-3-10(15)7-13(12)16)17-9(2)14(19)18-11-4-5-11/h3,6-9,11,17H,4-5H2,1-2H3,(H,18,19)/t8-,9-/m1/s1. The summed E-state index contributed by atoms with van der Waals surface area (Å²) in [6.45, 7) is 3.48. The van der Waals surface area contributed by atoms with Gasteiger partial charge in [0, 0.05) is 23.7 Å². The van der Waals surface area contributed by atoms with Gasteiger partial charge >= 0.3 is 0 Å². The highest BCUT2D eigenvalue weighted by Gasteiger charge is 2.26. The molecule has 3 nitrogen and oxygen atoms in total. The summed E-state index contributed by atoms with van der Waals surface area (Å²) < 4.78 is 26.4. The van der Waals surface area contributed by atoms with E-state index in [1.165, 1.54) is 12.1 Å². The van der Waals surface area contributed by atoms with Crippen LogP contribution in [-0.4, -0.2) is 18.0 Å². The molecule has 1 aliphatic rings. The fourth-order valence-corrected chi connectivity index (χ4v) is 1.95. The average molecular weight is 268 g/mol. The van der Waals surface area contributed by atoms with Crippen molar-refractivity contribution < 1.29 is 13.6 Å². The van der Waals surface area contributed by atoms with E-state index in [1.807, 2.05) is 0 Å². The smallest absolute Gasteiger partial charge is 0.237 e. The van der Waals surface area contributed by atoms with Crippen molar-refractivity contribution in [2.24, 2.45) is 0 Å². The van der Waals surface area contributed by atoms with Gasteiger partial charge in [0.15, 0.2) is 0 Å². The van der Waals surface area contributed by atoms with Crippen LogP contribution in [0.15, 0.2) is 18.2 Å². The predicted molar refractivity (Wildman–Crippen MR) is 68.5 cm³/mol. The lowest BCUT2D eigenvalue weighted by Gasteiger charge is -2.20. The van der Waals surface area contributed by atoms with Crippen molar-refractivity contribution in [3.8, 4) is 0 Å². The van der Waals surface area contributed by atoms with Gasteiger partial charge < -0.3 is 5.32 Å². The number of amides is 1. The minimum absolute atomic E-state index is 0.0862. The van der Waals surface area contributed by atoms with E-state index < -0.39 is 17.7 Å². The lowest BCUT2D eigenvalue weighted by Crippen LogP contribution is -2.44. The summed E-state index contributed by atoms with van der Waals surface area (Å²) in [4.78, 5) is 11.8. The van der Waals surface area contributed by atoms with Crippen LogP contribution in [0.5, 0.6) is 0 Å². The Hall–Kier alpha value is -1.49. The van der Waals surface area contributed by atoms with Crippen LogP contribution in [0.4, 0.5) is 8.78 Å². The van der Waals surface area contributed by atoms with E-state index in [0.717, 1.165) is 18.9 Å². The second kappa shape index (κ2) is 5.65. The van der Waals surface area contributed by atoms with Gasteiger partial charge in [-0.2, -0.15) is 0 Å². The topological polar surface area (TPSA) is 41.1 Å². The highest BCUT2D eigenvalue weighted by molar-refractivity contribution is 5.81. The van der Waals surface area contributed by atoms with E-state index in [0.29, 0.717) is 11.6 Å². The summed E-state index contributed by atoms with van der Waals surface area (Å²) >= 11 is 0. The molecule has 0 radical (unpaired) electrons. The second-order valence-corrected chi connectivity index (χ2v) is 5.06. The van der Waals surface area contributed by atoms with Crippen LogP contribution >= 0.6 is 0 Å². The molecule has 0 aliphatic heterocycles. The van der Waals surface area contributed by atoms with Crippen molar-refractivity contribution in [2.75, 3.05) is 0 Å². The van der Waals surface area contributed by atoms with Crippen molar-refractivity contribution >= 4 is 5.91 Å². The lowest BCUT2D eigenvalue weighted by molar-refractivity contribution is -0.123. The Morgan fingerprint density at radius 3 is 2.58 bits per heavy atom. The first-order valence-corrected chi connectivity index (χ1v) is 6.48. The first-order valence-electron chi connectivity index (χ1n) is 6.48. The Morgan fingerprint density at radius 1 is 1.32 bits per heavy atom. The Morgan fingerprint density at radius 2 is 2.00 bits per heavy atom. The minimum Gasteiger partial charge on any atom is -0.352 e. The number of hydrogen-bond donors (Lipinski definition) is 2. The molecule has 1 aliphatic carbocycles. The summed E-state index contributed by atoms with van der Waals surface area (Å²) in [6, 6.07) is 2.98. The third-order valence-electron chi connectivity index (χ3n) is 3.25. The monoisotopic (exact) mass is 268 g/mol. The van der Waals surface area contributed by atoms with Gasteiger partial charge in [-0.1, -0.05) is 6.07 Å². The van der Waals surface area contributed by atoms with Crippen LogP contribution in [0.25, 0.3) is 0 Å². The minimum atomic E-state index is -0.604. The molecule has 5 heteroatoms. The fraction of sp³-hybridized carbons (Fsp3) is 0.500. The molecule has 0 unspecified atom stereocenters. The normalized spacial score (nSPS) is 17.9. The maximum absolute atomic E-state index is 13.6. The van der Waals surface area contributed by atoms with Gasteiger partial charge in [-0.15, -0.1) is 0 Å². The fourth-order valence-electron chi connectivity index (χ4n) is 1.95. The molecule has 0 saturated heterocycles. The highest BCUT2D eigenvalue weighted by atomic mass is 19.1. The van der Waals surface area contributed by atoms with E-state index in [9.17, 15) is 13.6 Å². The maximum atomic E-state index is 13.6. The Bertz CT molecular complexity index is 475. The second-order valence-electron chi connectivity index (χ2n) is 5.06. The molecule has 1 aromatic rings. The number of halogens is 2. The van der Waals surface area contributed by atoms with E-state index in [2.05, 4.69) is 10.6 Å². The number of carbonyl (C=O) groups excluding carboxylic acids is 1. The lowest BCUT2D eigenvalue weighted by atomic mass is 10.1. The number of nitrogens with one attached hydrogen (secondary N) is 2. The first-order chi connectivity index (χ1) is 8.97. The summed E-state index contributed by atoms with van der Waals surface area (Å²) in [5.41, 5.74) is 0.354. The molecule has 104 valence electrons. The van der Waals surface area contributed by atoms with Gasteiger partial charge in [0.25, 0.3) is 0 Å². The maximum Gasteiger partial charge on any atom is 0.237 e. The molecule has 1 fully saturated rings. The van der Waals surface area contributed by atoms with Gasteiger partial charge in [-0.25, -0.2) is 8.78 Å². The zero-order valence-electron chi connectivity index (χ0n) is 11.0. The van der Waals surface area contributed by atoms with Crippen LogP contribution < -0.4 is 10.6 Å². The SMILES string of the molecule is C[C@@H](N[C@H](C)c1ccc(F)cc1F)C(=O)NC1CC1. The largest absolute Gasteiger partial charge is 0.352 e. The first kappa shape index (κ1) is 13.9. The Labute approximate surface area is 111 Å². The van der Waals surface area contributed by atoms with Crippen molar-refractivity contribution in [3.05, 3.63) is 35.4 Å². The van der Waals surface area contributed by atoms with Crippen molar-refractivity contribution in [1.82, 2.24) is 10.6 Å². The van der Waals surface area contributed by atoms with Crippen LogP contribution in [0.2, 0.25) is 0 Å². The summed E-state index contributed by atoms with van der Waals surface area (Å²) in [6.07, 6.45) is 2.06. The van der Waals surface area contributed by atoms with E-state index in [-0.39, 0.29) is 11.9 Å². The van der Waals surface area contributed by atoms with Gasteiger partial charge in [-0.05, 0) is 32.8 Å². The molecule has 0 aromatic heterocycles. The van der Waals surface area contributed by atoms with Crippen LogP contribution in [-0.2, 0) is 4.79 Å². The molecule has 0 bridgehead atoms. The molecule has 1 saturated carbocycles. The van der Waals surface area contributed by atoms with Crippen molar-refractivity contribution in [1.29, 1.82) is 0 Å². The van der Waals surface area contributed by atoms with E-state index >= 15 is 0 Å². The average Bonchev–Trinajstić information content (AvgIpc) is 3.12. The van der Waals surface area contributed by atoms with Crippen molar-refractivity contribution in [3.63, 3.8) is 0 Å². The van der Waals surface area contributed by atoms with Gasteiger partial charge in [0.2, 0.25) is 5.91 Å². The van der Waals surface area contributed by atoms with Crippen LogP contribution in [0.1, 0.15) is 38.3 Å². The van der Waals surface area contributed by atoms with E-state index in [4.69, 9.17) is 0 Å². The molecular formula is C14H18F2N2O. The number of hydrogen-bond acceptors (Lipinski definition) is 2. The third-order valence-corrected chi connectivity index (χ3v) is 3.25. The molecule has 2 atom stereocenters. The van der Waals surface area contributed by atoms with Crippen LogP contribution in [0.3, 0.4) is 0 Å². The third kappa shape index (κ3) is 3.73. The van der Waals surface area contributed by atoms with E-state index in [1.54, 1.807) is 13.8 Å². The Balaban J connectivity index is 1.95. The molecule has 2 N–H and O–H groups in total. The molecule has 1 aromatic carbocycles. The molecule has 19 heavy (non-hydrogen) atoms. The zero-order valence-corrected chi connectivity index (χ0v) is 11.0. The predicted octanol–water partition coefficient (Wildman–Crippen LogP) is 2.28. The molecular weight excluding hydrogens is 250 g/mol. The summed E-state index contributed by atoms with van der Waals surface area (Å²) in [5, 5.41) is 5.89. The van der Waals surface area contributed by atoms with Gasteiger partial charge in [-0.3, -0.25) is 10.1 Å². The highest BCUT2D eigenvalue weighted by Crippen LogP contribution is 2.20. The summed E-state index contributed by atoms with van der Waals surface area (Å²) in [7, 11) is 0. The summed E-state index contributed by atoms with van der Waals surface area (Å²) in [5.74, 6) is -1.29. The molecule has 1 amide bonds. The zero-order chi connectivity index (χ0) is 14.0. The number of rotatable bonds is 5.